The van der Waals surface area contributed by atoms with Gasteiger partial charge in [-0.05, 0) is 67.7 Å². The van der Waals surface area contributed by atoms with Crippen LogP contribution in [0.5, 0.6) is 0 Å². The van der Waals surface area contributed by atoms with E-state index in [1.54, 1.807) is 0 Å². The number of carbonyl (C=O) groups excluding carboxylic acids is 1. The second-order valence-corrected chi connectivity index (χ2v) is 6.35. The van der Waals surface area contributed by atoms with Crippen molar-refractivity contribution in [3.63, 3.8) is 0 Å². The molecule has 1 amide bonds. The van der Waals surface area contributed by atoms with Gasteiger partial charge in [0.15, 0.2) is 0 Å². The van der Waals surface area contributed by atoms with E-state index >= 15 is 0 Å². The van der Waals surface area contributed by atoms with Crippen molar-refractivity contribution in [3.05, 3.63) is 29.8 Å². The van der Waals surface area contributed by atoms with E-state index in [4.69, 9.17) is 0 Å². The second-order valence-electron chi connectivity index (χ2n) is 6.35. The topological polar surface area (TPSA) is 41.1 Å². The Balaban J connectivity index is 1.44. The fourth-order valence-corrected chi connectivity index (χ4v) is 3.06. The largest absolute Gasteiger partial charge is 0.326 e. The third-order valence-corrected chi connectivity index (χ3v) is 4.44. The third kappa shape index (κ3) is 3.83. The molecule has 0 aromatic heterocycles. The van der Waals surface area contributed by atoms with Crippen molar-refractivity contribution >= 4 is 11.6 Å². The summed E-state index contributed by atoms with van der Waals surface area (Å²) in [5.41, 5.74) is 2.15. The SMILES string of the molecule is CC(=O)Nc1ccc(CNCC(C2CC2)C2CC2)cc1. The first-order valence-corrected chi connectivity index (χ1v) is 7.79. The normalized spacial score (nSPS) is 18.3. The zero-order chi connectivity index (χ0) is 13.9. The summed E-state index contributed by atoms with van der Waals surface area (Å²) in [7, 11) is 0. The lowest BCUT2D eigenvalue weighted by molar-refractivity contribution is -0.114. The van der Waals surface area contributed by atoms with E-state index in [9.17, 15) is 4.79 Å². The standard InChI is InChI=1S/C17H24N2O/c1-12(20)19-16-8-2-13(3-9-16)10-18-11-17(14-4-5-14)15-6-7-15/h2-3,8-9,14-15,17-18H,4-7,10-11H2,1H3,(H,19,20). The van der Waals surface area contributed by atoms with Crippen molar-refractivity contribution < 1.29 is 4.79 Å². The summed E-state index contributed by atoms with van der Waals surface area (Å²) in [6.07, 6.45) is 5.81. The highest BCUT2D eigenvalue weighted by atomic mass is 16.1. The minimum Gasteiger partial charge on any atom is -0.326 e. The van der Waals surface area contributed by atoms with Gasteiger partial charge in [-0.1, -0.05) is 12.1 Å². The lowest BCUT2D eigenvalue weighted by atomic mass is 9.98. The highest BCUT2D eigenvalue weighted by molar-refractivity contribution is 5.88. The molecule has 3 rings (SSSR count). The summed E-state index contributed by atoms with van der Waals surface area (Å²) in [4.78, 5) is 11.0. The predicted molar refractivity (Wildman–Crippen MR) is 81.4 cm³/mol. The number of rotatable bonds is 7. The van der Waals surface area contributed by atoms with E-state index in [1.807, 2.05) is 12.1 Å². The summed E-state index contributed by atoms with van der Waals surface area (Å²) in [6.45, 7) is 3.63. The molecule has 20 heavy (non-hydrogen) atoms. The third-order valence-electron chi connectivity index (χ3n) is 4.44. The molecule has 108 valence electrons. The molecule has 0 bridgehead atoms. The van der Waals surface area contributed by atoms with Crippen LogP contribution in [0.1, 0.15) is 38.2 Å². The lowest BCUT2D eigenvalue weighted by Crippen LogP contribution is -2.25. The molecule has 2 aliphatic carbocycles. The Bertz CT molecular complexity index is 448. The van der Waals surface area contributed by atoms with Gasteiger partial charge >= 0.3 is 0 Å². The van der Waals surface area contributed by atoms with Crippen molar-refractivity contribution in [3.8, 4) is 0 Å². The lowest BCUT2D eigenvalue weighted by Gasteiger charge is -2.16. The molecule has 0 saturated heterocycles. The van der Waals surface area contributed by atoms with E-state index in [2.05, 4.69) is 22.8 Å². The number of benzene rings is 1. The number of amides is 1. The van der Waals surface area contributed by atoms with Gasteiger partial charge in [-0.2, -0.15) is 0 Å². The first-order valence-electron chi connectivity index (χ1n) is 7.79. The van der Waals surface area contributed by atoms with Crippen LogP contribution in [0.2, 0.25) is 0 Å². The number of carbonyl (C=O) groups is 1. The molecule has 1 aromatic carbocycles. The molecular weight excluding hydrogens is 248 g/mol. The molecule has 3 nitrogen and oxygen atoms in total. The Morgan fingerprint density at radius 3 is 2.25 bits per heavy atom. The fraction of sp³-hybridized carbons (Fsp3) is 0.588. The molecule has 0 radical (unpaired) electrons. The van der Waals surface area contributed by atoms with Crippen molar-refractivity contribution in [2.45, 2.75) is 39.2 Å². The Hall–Kier alpha value is -1.35. The van der Waals surface area contributed by atoms with Gasteiger partial charge < -0.3 is 10.6 Å². The molecule has 0 heterocycles. The van der Waals surface area contributed by atoms with Crippen molar-refractivity contribution in [2.75, 3.05) is 11.9 Å². The van der Waals surface area contributed by atoms with E-state index in [1.165, 1.54) is 44.7 Å². The van der Waals surface area contributed by atoms with Crippen molar-refractivity contribution in [2.24, 2.45) is 17.8 Å². The monoisotopic (exact) mass is 272 g/mol. The summed E-state index contributed by atoms with van der Waals surface area (Å²) >= 11 is 0. The maximum atomic E-state index is 11.0. The Labute approximate surface area is 121 Å². The number of anilines is 1. The first kappa shape index (κ1) is 13.6. The molecule has 2 fully saturated rings. The Morgan fingerprint density at radius 1 is 1.15 bits per heavy atom. The van der Waals surface area contributed by atoms with Gasteiger partial charge in [0.2, 0.25) is 5.91 Å². The summed E-state index contributed by atoms with van der Waals surface area (Å²) in [5.74, 6) is 2.93. The van der Waals surface area contributed by atoms with Crippen molar-refractivity contribution in [1.29, 1.82) is 0 Å². The molecular formula is C17H24N2O. The van der Waals surface area contributed by atoms with Crippen LogP contribution < -0.4 is 10.6 Å². The fourth-order valence-electron chi connectivity index (χ4n) is 3.06. The van der Waals surface area contributed by atoms with Gasteiger partial charge in [0.05, 0.1) is 0 Å². The van der Waals surface area contributed by atoms with Crippen molar-refractivity contribution in [1.82, 2.24) is 5.32 Å². The minimum absolute atomic E-state index is 0.0208. The average Bonchev–Trinajstić information content (AvgIpc) is 3.28. The smallest absolute Gasteiger partial charge is 0.221 e. The maximum absolute atomic E-state index is 11.0. The van der Waals surface area contributed by atoms with E-state index in [0.717, 1.165) is 30.0 Å². The van der Waals surface area contributed by atoms with Crippen LogP contribution in [0, 0.1) is 17.8 Å². The molecule has 0 atom stereocenters. The summed E-state index contributed by atoms with van der Waals surface area (Å²) in [6, 6.07) is 8.11. The van der Waals surface area contributed by atoms with Crippen LogP contribution in [0.3, 0.4) is 0 Å². The van der Waals surface area contributed by atoms with Crippen LogP contribution in [0.15, 0.2) is 24.3 Å². The minimum atomic E-state index is -0.0208. The average molecular weight is 272 g/mol. The molecule has 0 unspecified atom stereocenters. The highest BCUT2D eigenvalue weighted by Gasteiger charge is 2.40. The Kier molecular flexibility index (Phi) is 4.06. The van der Waals surface area contributed by atoms with Crippen LogP contribution in [0.25, 0.3) is 0 Å². The van der Waals surface area contributed by atoms with Gasteiger partial charge in [-0.15, -0.1) is 0 Å². The molecule has 1 aromatic rings. The molecule has 2 saturated carbocycles. The first-order chi connectivity index (χ1) is 9.72. The zero-order valence-electron chi connectivity index (χ0n) is 12.2. The van der Waals surface area contributed by atoms with Crippen LogP contribution in [-0.2, 0) is 11.3 Å². The molecule has 0 aliphatic heterocycles. The summed E-state index contributed by atoms with van der Waals surface area (Å²) < 4.78 is 0. The van der Waals surface area contributed by atoms with Gasteiger partial charge in [0.1, 0.15) is 0 Å². The van der Waals surface area contributed by atoms with Crippen LogP contribution >= 0.6 is 0 Å². The van der Waals surface area contributed by atoms with Gasteiger partial charge in [-0.3, -0.25) is 4.79 Å². The van der Waals surface area contributed by atoms with E-state index in [-0.39, 0.29) is 5.91 Å². The predicted octanol–water partition coefficient (Wildman–Crippen LogP) is 3.17. The zero-order valence-corrected chi connectivity index (χ0v) is 12.2. The molecule has 0 spiro atoms. The Morgan fingerprint density at radius 2 is 1.75 bits per heavy atom. The van der Waals surface area contributed by atoms with E-state index < -0.39 is 0 Å². The molecule has 2 N–H and O–H groups in total. The summed E-state index contributed by atoms with van der Waals surface area (Å²) in [5, 5.41) is 6.41. The number of hydrogen-bond acceptors (Lipinski definition) is 2. The quantitative estimate of drug-likeness (QED) is 0.800. The maximum Gasteiger partial charge on any atom is 0.221 e. The second kappa shape index (κ2) is 5.96. The molecule has 2 aliphatic rings. The molecule has 3 heteroatoms. The van der Waals surface area contributed by atoms with Gasteiger partial charge in [-0.25, -0.2) is 0 Å². The van der Waals surface area contributed by atoms with Crippen LogP contribution in [-0.4, -0.2) is 12.5 Å². The number of hydrogen-bond donors (Lipinski definition) is 2. The highest BCUT2D eigenvalue weighted by Crippen LogP contribution is 2.48. The van der Waals surface area contributed by atoms with Gasteiger partial charge in [0, 0.05) is 19.2 Å². The van der Waals surface area contributed by atoms with Gasteiger partial charge in [0.25, 0.3) is 0 Å². The van der Waals surface area contributed by atoms with Crippen LogP contribution in [0.4, 0.5) is 5.69 Å². The number of nitrogens with one attached hydrogen (secondary N) is 2. The van der Waals surface area contributed by atoms with E-state index in [0.29, 0.717) is 0 Å².